The van der Waals surface area contributed by atoms with Crippen LogP contribution in [0.2, 0.25) is 0 Å². The summed E-state index contributed by atoms with van der Waals surface area (Å²) in [5, 5.41) is 4.89. The van der Waals surface area contributed by atoms with Crippen molar-refractivity contribution in [3.05, 3.63) is 89.8 Å². The fourth-order valence-corrected chi connectivity index (χ4v) is 6.31. The minimum absolute atomic E-state index is 0. The molecule has 3 aromatic heterocycles. The molecule has 0 fully saturated rings. The first-order chi connectivity index (χ1) is 18.9. The molecule has 7 heteroatoms. The zero-order chi connectivity index (χ0) is 28.4. The quantitative estimate of drug-likeness (QED) is 0.174. The normalized spacial score (nSPS) is 15.6. The molecule has 4 nitrogen and oxygen atoms in total. The van der Waals surface area contributed by atoms with Crippen LogP contribution in [0.4, 0.5) is 5.69 Å². The van der Waals surface area contributed by atoms with E-state index >= 15 is 0 Å². The number of hydrogen-bond donors (Lipinski definition) is 0. The zero-order valence-corrected chi connectivity index (χ0v) is 25.6. The van der Waals surface area contributed by atoms with Gasteiger partial charge < -0.3 is 14.5 Å². The van der Waals surface area contributed by atoms with Crippen molar-refractivity contribution in [3.63, 3.8) is 0 Å². The van der Waals surface area contributed by atoms with Gasteiger partial charge >= 0.3 is 0 Å². The minimum Gasteiger partial charge on any atom is -0.508 e. The van der Waals surface area contributed by atoms with Crippen molar-refractivity contribution < 1.29 is 29.9 Å². The molecular formula is C31H28N3OPtS2-3. The fraction of sp³-hybridized carbons (Fsp3) is 0.226. The summed E-state index contributed by atoms with van der Waals surface area (Å²) in [7, 11) is 0. The largest absolute Gasteiger partial charge is 0.508 e. The van der Waals surface area contributed by atoms with Gasteiger partial charge in [-0.2, -0.15) is 29.5 Å². The topological polar surface area (TPSA) is 28.6 Å². The maximum Gasteiger partial charge on any atom is 0.107 e. The van der Waals surface area contributed by atoms with Crippen molar-refractivity contribution >= 4 is 48.5 Å². The van der Waals surface area contributed by atoms with E-state index in [2.05, 4.69) is 62.5 Å². The van der Waals surface area contributed by atoms with Crippen LogP contribution in [0, 0.1) is 18.8 Å². The van der Waals surface area contributed by atoms with Crippen LogP contribution in [-0.2, 0) is 26.5 Å². The van der Waals surface area contributed by atoms with Gasteiger partial charge in [0.2, 0.25) is 0 Å². The van der Waals surface area contributed by atoms with Crippen molar-refractivity contribution in [2.24, 2.45) is 0 Å². The maximum atomic E-state index is 7.83. The van der Waals surface area contributed by atoms with Crippen molar-refractivity contribution in [2.75, 3.05) is 11.9 Å². The number of aromatic nitrogens is 1. The van der Waals surface area contributed by atoms with E-state index in [1.165, 1.54) is 26.5 Å². The van der Waals surface area contributed by atoms with Crippen molar-refractivity contribution in [1.29, 1.82) is 0 Å². The van der Waals surface area contributed by atoms with Crippen LogP contribution in [0.1, 0.15) is 44.3 Å². The Morgan fingerprint density at radius 2 is 1.89 bits per heavy atom. The fourth-order valence-electron chi connectivity index (χ4n) is 4.48. The van der Waals surface area contributed by atoms with Gasteiger partial charge in [-0.05, 0) is 55.0 Å². The summed E-state index contributed by atoms with van der Waals surface area (Å²) >= 11 is 3.25. The van der Waals surface area contributed by atoms with Gasteiger partial charge in [-0.3, -0.25) is 4.98 Å². The van der Waals surface area contributed by atoms with E-state index in [1.54, 1.807) is 24.9 Å². The molecule has 0 saturated carbocycles. The number of thiophene rings is 2. The average molecular weight is 721 g/mol. The molecule has 1 aliphatic heterocycles. The number of allylic oxidation sites excluding steroid dienone is 2. The number of anilines is 1. The van der Waals surface area contributed by atoms with Crippen molar-refractivity contribution in [2.45, 2.75) is 40.0 Å². The summed E-state index contributed by atoms with van der Waals surface area (Å²) in [4.78, 5) is 7.90. The Bertz CT molecular complexity index is 1790. The van der Waals surface area contributed by atoms with Crippen LogP contribution < -0.4 is 9.64 Å². The maximum absolute atomic E-state index is 7.83. The molecule has 0 N–H and O–H groups in total. The van der Waals surface area contributed by atoms with Gasteiger partial charge in [0, 0.05) is 53.2 Å². The van der Waals surface area contributed by atoms with Gasteiger partial charge in [-0.15, -0.1) is 41.3 Å². The Kier molecular flexibility index (Phi) is 6.21. The number of rotatable bonds is 4. The molecule has 198 valence electrons. The van der Waals surface area contributed by atoms with E-state index < -0.39 is 6.98 Å². The summed E-state index contributed by atoms with van der Waals surface area (Å²) in [5.74, 6) is 0.530. The molecule has 6 rings (SSSR count). The van der Waals surface area contributed by atoms with Gasteiger partial charge in [0.05, 0.1) is 0 Å². The van der Waals surface area contributed by atoms with Crippen LogP contribution >= 0.6 is 22.7 Å². The number of hydrogen-bond acceptors (Lipinski definition) is 6. The summed E-state index contributed by atoms with van der Waals surface area (Å²) in [6.07, 6.45) is 1.89. The third-order valence-corrected chi connectivity index (χ3v) is 8.50. The second-order valence-corrected chi connectivity index (χ2v) is 12.1. The summed E-state index contributed by atoms with van der Waals surface area (Å²) in [6.45, 7) is 9.66. The second kappa shape index (κ2) is 10.1. The van der Waals surface area contributed by atoms with Crippen LogP contribution in [0.15, 0.2) is 65.4 Å². The molecule has 0 saturated heterocycles. The monoisotopic (exact) mass is 720 g/mol. The van der Waals surface area contributed by atoms with Gasteiger partial charge in [0.1, 0.15) is 5.06 Å². The Labute approximate surface area is 251 Å². The molecule has 2 aromatic carbocycles. The minimum atomic E-state index is -2.26. The average Bonchev–Trinajstić information content (AvgIpc) is 3.59. The molecule has 0 unspecified atom stereocenters. The number of ether oxygens (including phenoxy) is 1. The predicted octanol–water partition coefficient (Wildman–Crippen LogP) is 8.99. The summed E-state index contributed by atoms with van der Waals surface area (Å²) in [5.41, 5.74) is 5.43. The first kappa shape index (κ1) is 23.2. The van der Waals surface area contributed by atoms with Crippen molar-refractivity contribution in [1.82, 2.24) is 9.88 Å². The van der Waals surface area contributed by atoms with Gasteiger partial charge in [-0.25, -0.2) is 0 Å². The molecule has 0 radical (unpaired) electrons. The Balaban J connectivity index is 0.00000337. The third kappa shape index (κ3) is 4.79. The number of fused-ring (bicyclic) bond motifs is 2. The van der Waals surface area contributed by atoms with E-state index in [4.69, 9.17) is 13.8 Å². The zero-order valence-electron chi connectivity index (χ0n) is 24.7. The van der Waals surface area contributed by atoms with Crippen LogP contribution in [0.25, 0.3) is 31.4 Å². The Morgan fingerprint density at radius 3 is 2.66 bits per heavy atom. The standard InChI is InChI=1S/C31H28N3OS2.Pt/c1-19-20(2)34(18-33(19)6)22-8-7-9-23(15-22)35-29-16-25-28(37-29)17-27-24(11-13-36-27)30(25)26-14-21(10-12-32-26)31(3,4)5;/h7-14,17-18H,1-6H3;/q-3;/i6D3;. The molecule has 5 aromatic rings. The van der Waals surface area contributed by atoms with E-state index in [0.29, 0.717) is 22.2 Å². The molecule has 0 bridgehead atoms. The van der Waals surface area contributed by atoms with Crippen molar-refractivity contribution in [3.8, 4) is 22.1 Å². The predicted molar refractivity (Wildman–Crippen MR) is 156 cm³/mol. The van der Waals surface area contributed by atoms with Crippen LogP contribution in [-0.4, -0.2) is 16.9 Å². The molecular weight excluding hydrogens is 690 g/mol. The van der Waals surface area contributed by atoms with Gasteiger partial charge in [0.25, 0.3) is 0 Å². The van der Waals surface area contributed by atoms with E-state index in [1.807, 2.05) is 36.2 Å². The molecule has 0 aliphatic carbocycles. The second-order valence-electron chi connectivity index (χ2n) is 10.2. The first-order valence-corrected chi connectivity index (χ1v) is 13.7. The molecule has 38 heavy (non-hydrogen) atoms. The Hall–Kier alpha value is -2.66. The number of nitrogens with zero attached hydrogens (tertiary/aromatic N) is 3. The molecule has 4 heterocycles. The first-order valence-electron chi connectivity index (χ1n) is 13.5. The van der Waals surface area contributed by atoms with Crippen LogP contribution in [0.5, 0.6) is 10.8 Å². The third-order valence-electron chi connectivity index (χ3n) is 6.73. The van der Waals surface area contributed by atoms with E-state index in [-0.39, 0.29) is 26.5 Å². The molecule has 0 amide bonds. The number of benzene rings is 2. The van der Waals surface area contributed by atoms with E-state index in [0.717, 1.165) is 32.4 Å². The Morgan fingerprint density at radius 1 is 1.05 bits per heavy atom. The number of pyridine rings is 1. The molecule has 0 spiro atoms. The van der Waals surface area contributed by atoms with Gasteiger partial charge in [0.15, 0.2) is 0 Å². The molecule has 1 aliphatic rings. The van der Waals surface area contributed by atoms with Gasteiger partial charge in [-0.1, -0.05) is 48.6 Å². The summed E-state index contributed by atoms with van der Waals surface area (Å²) < 4.78 is 32.1. The van der Waals surface area contributed by atoms with Crippen LogP contribution in [0.3, 0.4) is 0 Å². The SMILES string of the molecule is [2H]C([2H])([2H])N1[CH-]N(c2[c-]c(Oc3[c-]c4c(-c5cc(C(C)(C)C)ccn5)c5ccsc5cc4s3)ccc2)C(C)=C1C.[Pt]. The molecule has 0 atom stereocenters. The summed E-state index contributed by atoms with van der Waals surface area (Å²) in [6, 6.07) is 21.0. The smallest absolute Gasteiger partial charge is 0.107 e. The van der Waals surface area contributed by atoms with E-state index in [9.17, 15) is 0 Å².